The van der Waals surface area contributed by atoms with Gasteiger partial charge in [0.25, 0.3) is 11.8 Å². The topological polar surface area (TPSA) is 77.8 Å². The molecule has 0 radical (unpaired) electrons. The van der Waals surface area contributed by atoms with Gasteiger partial charge in [0.1, 0.15) is 0 Å². The lowest BCUT2D eigenvalue weighted by molar-refractivity contribution is 0.0618. The van der Waals surface area contributed by atoms with E-state index in [1.54, 1.807) is 66.7 Å². The highest BCUT2D eigenvalue weighted by molar-refractivity contribution is 6.10. The lowest BCUT2D eigenvalue weighted by atomic mass is 10.1. The first-order chi connectivity index (χ1) is 13.1. The number of nitrogens with zero attached hydrogens (tertiary/aromatic N) is 1. The van der Waals surface area contributed by atoms with Gasteiger partial charge in [0, 0.05) is 17.7 Å². The third kappa shape index (κ3) is 4.33. The van der Waals surface area contributed by atoms with E-state index in [0.29, 0.717) is 23.1 Å². The maximum atomic E-state index is 12.9. The van der Waals surface area contributed by atoms with Gasteiger partial charge in [-0.2, -0.15) is 0 Å². The predicted octanol–water partition coefficient (Wildman–Crippen LogP) is 3.62. The molecule has 136 valence electrons. The Hall–Kier alpha value is -3.60. The van der Waals surface area contributed by atoms with Gasteiger partial charge in [-0.05, 0) is 48.4 Å². The molecule has 2 N–H and O–H groups in total. The quantitative estimate of drug-likeness (QED) is 0.537. The number of benzene rings is 3. The van der Waals surface area contributed by atoms with Crippen molar-refractivity contribution in [3.8, 4) is 11.5 Å². The van der Waals surface area contributed by atoms with Crippen molar-refractivity contribution in [2.45, 2.75) is 6.42 Å². The van der Waals surface area contributed by atoms with Gasteiger partial charge in [-0.3, -0.25) is 14.5 Å². The van der Waals surface area contributed by atoms with Crippen LogP contribution in [0.2, 0.25) is 0 Å². The van der Waals surface area contributed by atoms with Crippen LogP contribution >= 0.6 is 0 Å². The van der Waals surface area contributed by atoms with E-state index in [1.807, 2.05) is 0 Å². The number of carbonyl (C=O) groups excluding carboxylic acids is 2. The number of hydrogen-bond donors (Lipinski definition) is 2. The SMILES string of the molecule is O=C(c1ccccc1)N(CCc1ccc(O)c(O)c1)C(=O)c1ccccc1. The Balaban J connectivity index is 1.86. The first-order valence-electron chi connectivity index (χ1n) is 8.53. The van der Waals surface area contributed by atoms with Crippen molar-refractivity contribution in [1.29, 1.82) is 0 Å². The average molecular weight is 361 g/mol. The number of phenols is 2. The second kappa shape index (κ2) is 8.19. The van der Waals surface area contributed by atoms with Crippen LogP contribution in [0.5, 0.6) is 11.5 Å². The number of phenolic OH excluding ortho intramolecular Hbond substituents is 2. The highest BCUT2D eigenvalue weighted by Crippen LogP contribution is 2.25. The minimum atomic E-state index is -0.382. The molecule has 3 rings (SSSR count). The van der Waals surface area contributed by atoms with Crippen LogP contribution in [0, 0.1) is 0 Å². The highest BCUT2D eigenvalue weighted by atomic mass is 16.3. The standard InChI is InChI=1S/C22H19NO4/c24-19-12-11-16(15-20(19)25)13-14-23(21(26)17-7-3-1-4-8-17)22(27)18-9-5-2-6-10-18/h1-12,15,24-25H,13-14H2. The molecule has 0 unspecified atom stereocenters. The van der Waals surface area contributed by atoms with Crippen LogP contribution in [0.3, 0.4) is 0 Å². The molecule has 2 amide bonds. The van der Waals surface area contributed by atoms with Crippen LogP contribution in [0.25, 0.3) is 0 Å². The second-order valence-corrected chi connectivity index (χ2v) is 6.07. The molecule has 3 aromatic rings. The zero-order valence-corrected chi connectivity index (χ0v) is 14.6. The van der Waals surface area contributed by atoms with Crippen LogP contribution in [0.4, 0.5) is 0 Å². The van der Waals surface area contributed by atoms with E-state index in [0.717, 1.165) is 0 Å². The largest absolute Gasteiger partial charge is 0.504 e. The molecule has 0 atom stereocenters. The fourth-order valence-electron chi connectivity index (χ4n) is 2.73. The molecule has 0 bridgehead atoms. The summed E-state index contributed by atoms with van der Waals surface area (Å²) in [5.41, 5.74) is 1.56. The molecular formula is C22H19NO4. The van der Waals surface area contributed by atoms with Gasteiger partial charge in [-0.15, -0.1) is 0 Å². The third-order valence-corrected chi connectivity index (χ3v) is 4.20. The number of amides is 2. The van der Waals surface area contributed by atoms with Crippen LogP contribution in [-0.2, 0) is 6.42 Å². The fraction of sp³-hybridized carbons (Fsp3) is 0.0909. The van der Waals surface area contributed by atoms with Gasteiger partial charge in [-0.25, -0.2) is 0 Å². The number of imide groups is 1. The molecular weight excluding hydrogens is 342 g/mol. The van der Waals surface area contributed by atoms with Crippen molar-refractivity contribution in [1.82, 2.24) is 4.90 Å². The molecule has 0 saturated carbocycles. The number of hydrogen-bond acceptors (Lipinski definition) is 4. The van der Waals surface area contributed by atoms with Gasteiger partial charge in [-0.1, -0.05) is 42.5 Å². The Morgan fingerprint density at radius 3 is 1.70 bits per heavy atom. The van der Waals surface area contributed by atoms with Gasteiger partial charge in [0.15, 0.2) is 11.5 Å². The average Bonchev–Trinajstić information content (AvgIpc) is 2.71. The van der Waals surface area contributed by atoms with E-state index in [4.69, 9.17) is 0 Å². The molecule has 0 aliphatic heterocycles. The summed E-state index contributed by atoms with van der Waals surface area (Å²) in [6.07, 6.45) is 0.352. The summed E-state index contributed by atoms with van der Waals surface area (Å²) in [6, 6.07) is 21.7. The van der Waals surface area contributed by atoms with E-state index >= 15 is 0 Å². The first kappa shape index (κ1) is 18.2. The van der Waals surface area contributed by atoms with E-state index in [9.17, 15) is 19.8 Å². The monoisotopic (exact) mass is 361 g/mol. The first-order valence-corrected chi connectivity index (χ1v) is 8.53. The summed E-state index contributed by atoms with van der Waals surface area (Å²) in [4.78, 5) is 27.0. The van der Waals surface area contributed by atoms with Crippen LogP contribution in [-0.4, -0.2) is 33.5 Å². The van der Waals surface area contributed by atoms with Crippen LogP contribution in [0.1, 0.15) is 26.3 Å². The Morgan fingerprint density at radius 2 is 1.22 bits per heavy atom. The maximum Gasteiger partial charge on any atom is 0.260 e. The molecule has 0 saturated heterocycles. The molecule has 0 aliphatic rings. The lowest BCUT2D eigenvalue weighted by Crippen LogP contribution is -2.38. The van der Waals surface area contributed by atoms with Crippen molar-refractivity contribution >= 4 is 11.8 Å². The van der Waals surface area contributed by atoms with Gasteiger partial charge < -0.3 is 10.2 Å². The Morgan fingerprint density at radius 1 is 0.704 bits per heavy atom. The molecule has 27 heavy (non-hydrogen) atoms. The van der Waals surface area contributed by atoms with Gasteiger partial charge in [0.05, 0.1) is 0 Å². The summed E-state index contributed by atoms with van der Waals surface area (Å²) >= 11 is 0. The Labute approximate surface area is 157 Å². The Bertz CT molecular complexity index is 888. The van der Waals surface area contributed by atoms with Gasteiger partial charge in [0.2, 0.25) is 0 Å². The van der Waals surface area contributed by atoms with Crippen molar-refractivity contribution in [2.75, 3.05) is 6.54 Å². The molecule has 0 heterocycles. The fourth-order valence-corrected chi connectivity index (χ4v) is 2.73. The van der Waals surface area contributed by atoms with E-state index in [2.05, 4.69) is 0 Å². The summed E-state index contributed by atoms with van der Waals surface area (Å²) in [5.74, 6) is -1.21. The smallest absolute Gasteiger partial charge is 0.260 e. The number of carbonyl (C=O) groups is 2. The van der Waals surface area contributed by atoms with Crippen molar-refractivity contribution in [3.05, 3.63) is 95.6 Å². The van der Waals surface area contributed by atoms with Crippen molar-refractivity contribution < 1.29 is 19.8 Å². The zero-order chi connectivity index (χ0) is 19.2. The van der Waals surface area contributed by atoms with Crippen LogP contribution < -0.4 is 0 Å². The van der Waals surface area contributed by atoms with Crippen molar-refractivity contribution in [3.63, 3.8) is 0 Å². The summed E-state index contributed by atoms with van der Waals surface area (Å²) in [5, 5.41) is 19.1. The number of rotatable bonds is 5. The molecule has 0 spiro atoms. The summed E-state index contributed by atoms with van der Waals surface area (Å²) in [6.45, 7) is 0.145. The van der Waals surface area contributed by atoms with E-state index < -0.39 is 0 Å². The van der Waals surface area contributed by atoms with Gasteiger partial charge >= 0.3 is 0 Å². The molecule has 0 fully saturated rings. The zero-order valence-electron chi connectivity index (χ0n) is 14.6. The third-order valence-electron chi connectivity index (χ3n) is 4.20. The van der Waals surface area contributed by atoms with Crippen molar-refractivity contribution in [2.24, 2.45) is 0 Å². The Kier molecular flexibility index (Phi) is 5.52. The lowest BCUT2D eigenvalue weighted by Gasteiger charge is -2.21. The number of aromatic hydroxyl groups is 2. The summed E-state index contributed by atoms with van der Waals surface area (Å²) in [7, 11) is 0. The second-order valence-electron chi connectivity index (χ2n) is 6.07. The minimum absolute atomic E-state index is 0.145. The normalized spacial score (nSPS) is 10.4. The molecule has 5 nitrogen and oxygen atoms in total. The molecule has 3 aromatic carbocycles. The van der Waals surface area contributed by atoms with Crippen LogP contribution in [0.15, 0.2) is 78.9 Å². The maximum absolute atomic E-state index is 12.9. The molecule has 0 aromatic heterocycles. The van der Waals surface area contributed by atoms with E-state index in [-0.39, 0.29) is 29.9 Å². The van der Waals surface area contributed by atoms with E-state index in [1.165, 1.54) is 17.0 Å². The minimum Gasteiger partial charge on any atom is -0.504 e. The summed E-state index contributed by atoms with van der Waals surface area (Å²) < 4.78 is 0. The molecule has 5 heteroatoms. The highest BCUT2D eigenvalue weighted by Gasteiger charge is 2.23. The predicted molar refractivity (Wildman–Crippen MR) is 102 cm³/mol. The molecule has 0 aliphatic carbocycles.